The fraction of sp³-hybridized carbons (Fsp3) is 1.00. The second kappa shape index (κ2) is 2.46. The van der Waals surface area contributed by atoms with Crippen molar-refractivity contribution in [3.63, 3.8) is 0 Å². The van der Waals surface area contributed by atoms with Gasteiger partial charge in [0.05, 0.1) is 0 Å². The summed E-state index contributed by atoms with van der Waals surface area (Å²) in [5, 5.41) is 10.5. The minimum absolute atomic E-state index is 0.105. The van der Waals surface area contributed by atoms with Gasteiger partial charge in [-0.1, -0.05) is 6.42 Å². The molecule has 0 radical (unpaired) electrons. The molecule has 5 atom stereocenters. The highest BCUT2D eigenvalue weighted by molar-refractivity contribution is 5.05. The molecule has 0 aromatic carbocycles. The van der Waals surface area contributed by atoms with Crippen molar-refractivity contribution in [1.82, 2.24) is 0 Å². The van der Waals surface area contributed by atoms with Gasteiger partial charge in [-0.15, -0.1) is 0 Å². The summed E-state index contributed by atoms with van der Waals surface area (Å²) >= 11 is 0. The van der Waals surface area contributed by atoms with Crippen LogP contribution in [0.1, 0.15) is 25.7 Å². The van der Waals surface area contributed by atoms with E-state index in [-0.39, 0.29) is 11.5 Å². The lowest BCUT2D eigenvalue weighted by Crippen LogP contribution is -2.47. The number of nitrogens with zero attached hydrogens (tertiary/aromatic N) is 1. The standard InChI is InChI=1S/C10H15NO2/c12-11(13)5-10-7-2-1-6-3-8(7)9(10)4-6/h6-10H,1-5H2/t6-,7+,8-,9-,10?/m1/s1. The molecule has 0 saturated heterocycles. The van der Waals surface area contributed by atoms with Gasteiger partial charge < -0.3 is 0 Å². The number of hydrogen-bond donors (Lipinski definition) is 0. The molecule has 3 saturated carbocycles. The van der Waals surface area contributed by atoms with Crippen LogP contribution in [0.25, 0.3) is 0 Å². The summed E-state index contributed by atoms with van der Waals surface area (Å²) in [7, 11) is 0. The maximum atomic E-state index is 10.5. The lowest BCUT2D eigenvalue weighted by atomic mass is 9.56. The molecular weight excluding hydrogens is 166 g/mol. The third kappa shape index (κ3) is 0.960. The van der Waals surface area contributed by atoms with E-state index in [4.69, 9.17) is 0 Å². The van der Waals surface area contributed by atoms with E-state index in [0.29, 0.717) is 5.92 Å². The van der Waals surface area contributed by atoms with Crippen LogP contribution in [0.3, 0.4) is 0 Å². The van der Waals surface area contributed by atoms with E-state index in [1.54, 1.807) is 0 Å². The molecular formula is C10H15NO2. The maximum absolute atomic E-state index is 10.5. The van der Waals surface area contributed by atoms with Crippen molar-refractivity contribution >= 4 is 0 Å². The molecule has 3 aliphatic carbocycles. The average molecular weight is 181 g/mol. The van der Waals surface area contributed by atoms with Crippen molar-refractivity contribution in [2.45, 2.75) is 25.7 Å². The molecule has 3 nitrogen and oxygen atoms in total. The third-order valence-electron chi connectivity index (χ3n) is 4.68. The van der Waals surface area contributed by atoms with E-state index in [2.05, 4.69) is 0 Å². The van der Waals surface area contributed by atoms with E-state index in [1.807, 2.05) is 0 Å². The van der Waals surface area contributed by atoms with Gasteiger partial charge in [-0.3, -0.25) is 10.1 Å². The highest BCUT2D eigenvalue weighted by Crippen LogP contribution is 2.63. The Balaban J connectivity index is 1.75. The fourth-order valence-electron chi connectivity index (χ4n) is 4.22. The smallest absolute Gasteiger partial charge is 0.207 e. The van der Waals surface area contributed by atoms with Crippen LogP contribution in [0.4, 0.5) is 0 Å². The zero-order valence-corrected chi connectivity index (χ0v) is 7.69. The molecule has 2 bridgehead atoms. The Morgan fingerprint density at radius 1 is 1.15 bits per heavy atom. The number of nitro groups is 1. The first-order valence-corrected chi connectivity index (χ1v) is 5.37. The van der Waals surface area contributed by atoms with Crippen LogP contribution in [-0.4, -0.2) is 11.5 Å². The maximum Gasteiger partial charge on any atom is 0.207 e. The van der Waals surface area contributed by atoms with E-state index in [0.717, 1.165) is 23.7 Å². The van der Waals surface area contributed by atoms with Crippen molar-refractivity contribution in [2.75, 3.05) is 6.54 Å². The van der Waals surface area contributed by atoms with E-state index >= 15 is 0 Å². The first-order valence-electron chi connectivity index (χ1n) is 5.37. The molecule has 3 fully saturated rings. The molecule has 3 rings (SSSR count). The van der Waals surface area contributed by atoms with Crippen LogP contribution < -0.4 is 0 Å². The summed E-state index contributed by atoms with van der Waals surface area (Å²) in [6, 6.07) is 0. The zero-order chi connectivity index (χ0) is 9.00. The average Bonchev–Trinajstić information content (AvgIpc) is 2.26. The first kappa shape index (κ1) is 7.77. The van der Waals surface area contributed by atoms with E-state index < -0.39 is 0 Å². The molecule has 3 aliphatic rings. The second-order valence-corrected chi connectivity index (χ2v) is 5.09. The van der Waals surface area contributed by atoms with Gasteiger partial charge in [0.2, 0.25) is 6.54 Å². The lowest BCUT2D eigenvalue weighted by molar-refractivity contribution is -0.497. The summed E-state index contributed by atoms with van der Waals surface area (Å²) < 4.78 is 0. The quantitative estimate of drug-likeness (QED) is 0.482. The molecule has 0 amide bonds. The van der Waals surface area contributed by atoms with Gasteiger partial charge >= 0.3 is 0 Å². The van der Waals surface area contributed by atoms with Gasteiger partial charge in [-0.05, 0) is 42.9 Å². The molecule has 1 unspecified atom stereocenters. The first-order chi connectivity index (χ1) is 6.25. The molecule has 0 N–H and O–H groups in total. The second-order valence-electron chi connectivity index (χ2n) is 5.09. The fourth-order valence-corrected chi connectivity index (χ4v) is 4.22. The summed E-state index contributed by atoms with van der Waals surface area (Å²) in [6.07, 6.45) is 5.33. The Morgan fingerprint density at radius 2 is 1.92 bits per heavy atom. The molecule has 13 heavy (non-hydrogen) atoms. The van der Waals surface area contributed by atoms with Crippen molar-refractivity contribution in [3.05, 3.63) is 10.1 Å². The number of fused-ring (bicyclic) bond motifs is 1. The molecule has 0 heterocycles. The van der Waals surface area contributed by atoms with Gasteiger partial charge in [0.15, 0.2) is 0 Å². The molecule has 3 heteroatoms. The number of rotatable bonds is 2. The Bertz CT molecular complexity index is 247. The van der Waals surface area contributed by atoms with Crippen molar-refractivity contribution in [3.8, 4) is 0 Å². The molecule has 0 aromatic rings. The van der Waals surface area contributed by atoms with Crippen molar-refractivity contribution in [1.29, 1.82) is 0 Å². The highest BCUT2D eigenvalue weighted by Gasteiger charge is 2.58. The van der Waals surface area contributed by atoms with Gasteiger partial charge in [-0.2, -0.15) is 0 Å². The van der Waals surface area contributed by atoms with Crippen molar-refractivity contribution in [2.24, 2.45) is 29.6 Å². The van der Waals surface area contributed by atoms with Crippen LogP contribution in [0.15, 0.2) is 0 Å². The van der Waals surface area contributed by atoms with Gasteiger partial charge in [0.25, 0.3) is 0 Å². The monoisotopic (exact) mass is 181 g/mol. The SMILES string of the molecule is O=[N+]([O-])CC1[C@H]2CC[C@@H]3C[C@H]2[C@H]1C3. The van der Waals surface area contributed by atoms with E-state index in [9.17, 15) is 10.1 Å². The minimum Gasteiger partial charge on any atom is -0.265 e. The summed E-state index contributed by atoms with van der Waals surface area (Å²) in [5.74, 6) is 3.75. The molecule has 72 valence electrons. The minimum atomic E-state index is -0.105. The Kier molecular flexibility index (Phi) is 1.47. The lowest BCUT2D eigenvalue weighted by Gasteiger charge is -2.47. The van der Waals surface area contributed by atoms with Crippen molar-refractivity contribution < 1.29 is 4.92 Å². The Labute approximate surface area is 77.7 Å². The van der Waals surface area contributed by atoms with Gasteiger partial charge in [-0.25, -0.2) is 0 Å². The third-order valence-corrected chi connectivity index (χ3v) is 4.68. The van der Waals surface area contributed by atoms with Crippen LogP contribution in [0.5, 0.6) is 0 Å². The number of hydrogen-bond acceptors (Lipinski definition) is 2. The Morgan fingerprint density at radius 3 is 2.69 bits per heavy atom. The summed E-state index contributed by atoms with van der Waals surface area (Å²) in [4.78, 5) is 10.4. The normalized spacial score (nSPS) is 51.5. The van der Waals surface area contributed by atoms with E-state index in [1.165, 1.54) is 25.7 Å². The topological polar surface area (TPSA) is 43.1 Å². The van der Waals surface area contributed by atoms with Gasteiger partial charge in [0, 0.05) is 10.8 Å². The molecule has 0 spiro atoms. The van der Waals surface area contributed by atoms with Gasteiger partial charge in [0.1, 0.15) is 0 Å². The Hall–Kier alpha value is -0.600. The predicted octanol–water partition coefficient (Wildman–Crippen LogP) is 1.95. The molecule has 0 aromatic heterocycles. The van der Waals surface area contributed by atoms with Crippen LogP contribution in [0.2, 0.25) is 0 Å². The summed E-state index contributed by atoms with van der Waals surface area (Å²) in [6.45, 7) is 0.249. The summed E-state index contributed by atoms with van der Waals surface area (Å²) in [5.41, 5.74) is 0. The molecule has 0 aliphatic heterocycles. The van der Waals surface area contributed by atoms with Crippen LogP contribution in [-0.2, 0) is 0 Å². The predicted molar refractivity (Wildman–Crippen MR) is 47.8 cm³/mol. The van der Waals surface area contributed by atoms with Crippen LogP contribution >= 0.6 is 0 Å². The largest absolute Gasteiger partial charge is 0.265 e. The van der Waals surface area contributed by atoms with Crippen LogP contribution in [0, 0.1) is 39.7 Å². The zero-order valence-electron chi connectivity index (χ0n) is 7.69. The highest BCUT2D eigenvalue weighted by atomic mass is 16.6.